The molecule has 3 aromatic rings. The zero-order chi connectivity index (χ0) is 18.6. The molecule has 26 heavy (non-hydrogen) atoms. The molecule has 0 aliphatic heterocycles. The van der Waals surface area contributed by atoms with E-state index in [9.17, 15) is 13.5 Å². The van der Waals surface area contributed by atoms with E-state index in [0.29, 0.717) is 17.1 Å². The fourth-order valence-corrected chi connectivity index (χ4v) is 2.86. The maximum absolute atomic E-state index is 11.2. The van der Waals surface area contributed by atoms with Crippen LogP contribution in [0.3, 0.4) is 0 Å². The lowest BCUT2D eigenvalue weighted by Crippen LogP contribution is -2.09. The zero-order valence-electron chi connectivity index (χ0n) is 14.0. The molecule has 0 fully saturated rings. The second kappa shape index (κ2) is 7.37. The Morgan fingerprint density at radius 3 is 1.62 bits per heavy atom. The number of nitrogens with zero attached hydrogens (tertiary/aromatic N) is 2. The Hall–Kier alpha value is -3.19. The molecule has 0 saturated carbocycles. The molecular weight excluding hydrogens is 350 g/mol. The molecule has 0 aliphatic rings. The molecule has 0 atom stereocenters. The smallest absolute Gasteiger partial charge is 0.229 e. The fourth-order valence-electron chi connectivity index (χ4n) is 2.30. The van der Waals surface area contributed by atoms with Gasteiger partial charge in [-0.05, 0) is 59.7 Å². The van der Waals surface area contributed by atoms with Crippen LogP contribution in [0, 0.1) is 0 Å². The molecule has 6 nitrogen and oxygen atoms in total. The van der Waals surface area contributed by atoms with Crippen LogP contribution in [0.25, 0.3) is 11.1 Å². The predicted octanol–water partition coefficient (Wildman–Crippen LogP) is 4.85. The first kappa shape index (κ1) is 17.6. The van der Waals surface area contributed by atoms with Crippen LogP contribution in [-0.2, 0) is 10.0 Å². The van der Waals surface area contributed by atoms with Gasteiger partial charge in [0, 0.05) is 5.69 Å². The van der Waals surface area contributed by atoms with E-state index in [0.717, 1.165) is 17.4 Å². The van der Waals surface area contributed by atoms with Crippen LogP contribution in [0.2, 0.25) is 0 Å². The number of anilines is 1. The van der Waals surface area contributed by atoms with E-state index in [2.05, 4.69) is 15.0 Å². The van der Waals surface area contributed by atoms with Crippen LogP contribution >= 0.6 is 0 Å². The van der Waals surface area contributed by atoms with Gasteiger partial charge in [-0.2, -0.15) is 10.2 Å². The second-order valence-corrected chi connectivity index (χ2v) is 7.46. The van der Waals surface area contributed by atoms with Crippen LogP contribution in [0.1, 0.15) is 0 Å². The number of azo groups is 1. The predicted molar refractivity (Wildman–Crippen MR) is 103 cm³/mol. The van der Waals surface area contributed by atoms with Gasteiger partial charge >= 0.3 is 0 Å². The van der Waals surface area contributed by atoms with Gasteiger partial charge in [-0.1, -0.05) is 24.3 Å². The van der Waals surface area contributed by atoms with Crippen molar-refractivity contribution in [3.8, 4) is 16.9 Å². The number of benzene rings is 3. The van der Waals surface area contributed by atoms with E-state index in [1.54, 1.807) is 36.4 Å². The van der Waals surface area contributed by atoms with Gasteiger partial charge < -0.3 is 5.11 Å². The first-order valence-corrected chi connectivity index (χ1v) is 9.67. The molecule has 2 N–H and O–H groups in total. The minimum absolute atomic E-state index is 0.186. The molecule has 132 valence electrons. The number of nitrogens with one attached hydrogen (secondary N) is 1. The standard InChI is InChI=1S/C19H17N3O3S/c1-26(24,25)22-18-8-4-15(5-9-18)14-2-6-16(7-3-14)20-21-17-10-12-19(23)13-11-17/h2-13,22-23H,1H3. The molecule has 0 amide bonds. The molecule has 0 radical (unpaired) electrons. The Morgan fingerprint density at radius 2 is 1.15 bits per heavy atom. The monoisotopic (exact) mass is 367 g/mol. The minimum Gasteiger partial charge on any atom is -0.508 e. The summed E-state index contributed by atoms with van der Waals surface area (Å²) in [5.74, 6) is 0.186. The van der Waals surface area contributed by atoms with E-state index in [1.807, 2.05) is 36.4 Å². The Bertz CT molecular complexity index is 1010. The highest BCUT2D eigenvalue weighted by atomic mass is 32.2. The molecule has 0 aliphatic carbocycles. The van der Waals surface area contributed by atoms with Gasteiger partial charge in [-0.25, -0.2) is 8.42 Å². The van der Waals surface area contributed by atoms with Gasteiger partial charge in [0.05, 0.1) is 17.6 Å². The number of rotatable bonds is 5. The van der Waals surface area contributed by atoms with Gasteiger partial charge in [-0.3, -0.25) is 4.72 Å². The quantitative estimate of drug-likeness (QED) is 0.632. The third-order valence-corrected chi connectivity index (χ3v) is 4.13. The summed E-state index contributed by atoms with van der Waals surface area (Å²) in [5.41, 5.74) is 3.83. The Balaban J connectivity index is 1.72. The topological polar surface area (TPSA) is 91.1 Å². The van der Waals surface area contributed by atoms with Crippen LogP contribution < -0.4 is 4.72 Å². The van der Waals surface area contributed by atoms with Gasteiger partial charge in [0.1, 0.15) is 5.75 Å². The highest BCUT2D eigenvalue weighted by Crippen LogP contribution is 2.26. The summed E-state index contributed by atoms with van der Waals surface area (Å²) < 4.78 is 24.9. The molecule has 0 saturated heterocycles. The first-order chi connectivity index (χ1) is 12.4. The van der Waals surface area contributed by atoms with Crippen molar-refractivity contribution in [2.75, 3.05) is 11.0 Å². The van der Waals surface area contributed by atoms with Crippen molar-refractivity contribution >= 4 is 27.1 Å². The lowest BCUT2D eigenvalue weighted by Gasteiger charge is -2.06. The summed E-state index contributed by atoms with van der Waals surface area (Å²) in [4.78, 5) is 0. The summed E-state index contributed by atoms with van der Waals surface area (Å²) >= 11 is 0. The van der Waals surface area contributed by atoms with Crippen LogP contribution in [0.4, 0.5) is 17.1 Å². The third-order valence-electron chi connectivity index (χ3n) is 3.52. The number of aromatic hydroxyl groups is 1. The van der Waals surface area contributed by atoms with Crippen LogP contribution in [0.5, 0.6) is 5.75 Å². The average molecular weight is 367 g/mol. The van der Waals surface area contributed by atoms with Crippen molar-refractivity contribution in [2.24, 2.45) is 10.2 Å². The zero-order valence-corrected chi connectivity index (χ0v) is 14.8. The molecule has 7 heteroatoms. The highest BCUT2D eigenvalue weighted by molar-refractivity contribution is 7.92. The van der Waals surface area contributed by atoms with E-state index in [1.165, 1.54) is 0 Å². The largest absolute Gasteiger partial charge is 0.508 e. The van der Waals surface area contributed by atoms with Crippen molar-refractivity contribution in [3.63, 3.8) is 0 Å². The van der Waals surface area contributed by atoms with Crippen LogP contribution in [0.15, 0.2) is 83.0 Å². The van der Waals surface area contributed by atoms with E-state index in [-0.39, 0.29) is 5.75 Å². The van der Waals surface area contributed by atoms with Crippen LogP contribution in [-0.4, -0.2) is 19.8 Å². The number of phenols is 1. The Labute approximate surface area is 151 Å². The van der Waals surface area contributed by atoms with Gasteiger partial charge in [0.25, 0.3) is 0 Å². The summed E-state index contributed by atoms with van der Waals surface area (Å²) in [7, 11) is -3.28. The number of sulfonamides is 1. The van der Waals surface area contributed by atoms with E-state index in [4.69, 9.17) is 0 Å². The number of hydrogen-bond donors (Lipinski definition) is 2. The average Bonchev–Trinajstić information content (AvgIpc) is 2.61. The van der Waals surface area contributed by atoms with Gasteiger partial charge in [-0.15, -0.1) is 0 Å². The SMILES string of the molecule is CS(=O)(=O)Nc1ccc(-c2ccc(N=Nc3ccc(O)cc3)cc2)cc1. The van der Waals surface area contributed by atoms with E-state index < -0.39 is 10.0 Å². The lowest BCUT2D eigenvalue weighted by molar-refractivity contribution is 0.475. The summed E-state index contributed by atoms with van der Waals surface area (Å²) in [6.07, 6.45) is 1.12. The van der Waals surface area contributed by atoms with Gasteiger partial charge in [0.2, 0.25) is 10.0 Å². The normalized spacial score (nSPS) is 11.6. The molecular formula is C19H17N3O3S. The Morgan fingerprint density at radius 1 is 0.731 bits per heavy atom. The summed E-state index contributed by atoms with van der Waals surface area (Å²) in [6.45, 7) is 0. The summed E-state index contributed by atoms with van der Waals surface area (Å²) in [5, 5.41) is 17.5. The fraction of sp³-hybridized carbons (Fsp3) is 0.0526. The molecule has 0 spiro atoms. The third kappa shape index (κ3) is 4.90. The maximum Gasteiger partial charge on any atom is 0.229 e. The molecule has 3 aromatic carbocycles. The van der Waals surface area contributed by atoms with Gasteiger partial charge in [0.15, 0.2) is 0 Å². The highest BCUT2D eigenvalue weighted by Gasteiger charge is 2.03. The first-order valence-electron chi connectivity index (χ1n) is 7.78. The van der Waals surface area contributed by atoms with Crippen molar-refractivity contribution in [2.45, 2.75) is 0 Å². The second-order valence-electron chi connectivity index (χ2n) is 5.71. The van der Waals surface area contributed by atoms with E-state index >= 15 is 0 Å². The number of phenolic OH excluding ortho intramolecular Hbond substituents is 1. The van der Waals surface area contributed by atoms with Crippen molar-refractivity contribution in [1.29, 1.82) is 0 Å². The maximum atomic E-state index is 11.2. The Kier molecular flexibility index (Phi) is 4.99. The minimum atomic E-state index is -3.28. The number of hydrogen-bond acceptors (Lipinski definition) is 5. The molecule has 3 rings (SSSR count). The van der Waals surface area contributed by atoms with Crippen molar-refractivity contribution < 1.29 is 13.5 Å². The van der Waals surface area contributed by atoms with Crippen molar-refractivity contribution in [1.82, 2.24) is 0 Å². The summed E-state index contributed by atoms with van der Waals surface area (Å²) in [6, 6.07) is 21.1. The molecule has 0 heterocycles. The van der Waals surface area contributed by atoms with Crippen molar-refractivity contribution in [3.05, 3.63) is 72.8 Å². The molecule has 0 aromatic heterocycles. The lowest BCUT2D eigenvalue weighted by atomic mass is 10.1. The molecule has 0 bridgehead atoms. The molecule has 0 unspecified atom stereocenters.